The molecule has 0 radical (unpaired) electrons. The molecule has 1 unspecified atom stereocenters. The molecule has 96 valence electrons. The van der Waals surface area contributed by atoms with Crippen molar-refractivity contribution < 1.29 is 19.4 Å². The van der Waals surface area contributed by atoms with Gasteiger partial charge in [-0.2, -0.15) is 0 Å². The molecule has 0 spiro atoms. The largest absolute Gasteiger partial charge is 0.492 e. The minimum Gasteiger partial charge on any atom is -0.492 e. The van der Waals surface area contributed by atoms with Crippen LogP contribution < -0.4 is 10.1 Å². The first-order valence-electron chi connectivity index (χ1n) is 5.44. The fourth-order valence-corrected chi connectivity index (χ4v) is 2.16. The van der Waals surface area contributed by atoms with Crippen molar-refractivity contribution in [1.82, 2.24) is 5.32 Å². The van der Waals surface area contributed by atoms with Gasteiger partial charge in [0.05, 0.1) is 0 Å². The average Bonchev–Trinajstić information content (AvgIpc) is 2.71. The molecule has 1 aromatic carbocycles. The summed E-state index contributed by atoms with van der Waals surface area (Å²) in [6, 6.07) is 4.53. The van der Waals surface area contributed by atoms with E-state index in [2.05, 4.69) is 21.2 Å². The van der Waals surface area contributed by atoms with Gasteiger partial charge in [-0.05, 0) is 25.1 Å². The summed E-state index contributed by atoms with van der Waals surface area (Å²) in [4.78, 5) is 22.7. The zero-order valence-electron chi connectivity index (χ0n) is 9.64. The van der Waals surface area contributed by atoms with Gasteiger partial charge in [0.1, 0.15) is 24.3 Å². The Morgan fingerprint density at radius 1 is 1.56 bits per heavy atom. The van der Waals surface area contributed by atoms with Gasteiger partial charge in [0.2, 0.25) is 5.91 Å². The minimum absolute atomic E-state index is 0.240. The SMILES string of the molecule is C[C@@H](NC(=O)C1COc2ccc(Br)cc21)C(=O)O. The number of nitrogens with one attached hydrogen (secondary N) is 1. The number of aliphatic carboxylic acids is 1. The van der Waals surface area contributed by atoms with E-state index >= 15 is 0 Å². The van der Waals surface area contributed by atoms with Crippen LogP contribution >= 0.6 is 15.9 Å². The topological polar surface area (TPSA) is 75.6 Å². The van der Waals surface area contributed by atoms with E-state index in [1.54, 1.807) is 6.07 Å². The minimum atomic E-state index is -1.06. The maximum absolute atomic E-state index is 12.0. The number of hydrogen-bond donors (Lipinski definition) is 2. The van der Waals surface area contributed by atoms with Crippen LogP contribution in [0.5, 0.6) is 5.75 Å². The first-order chi connectivity index (χ1) is 8.49. The fourth-order valence-electron chi connectivity index (χ4n) is 1.78. The number of hydrogen-bond acceptors (Lipinski definition) is 3. The Balaban J connectivity index is 2.15. The van der Waals surface area contributed by atoms with Crippen molar-refractivity contribution >= 4 is 27.8 Å². The highest BCUT2D eigenvalue weighted by Gasteiger charge is 2.31. The molecule has 1 heterocycles. The molecule has 5 nitrogen and oxygen atoms in total. The van der Waals surface area contributed by atoms with E-state index in [4.69, 9.17) is 9.84 Å². The Bertz CT molecular complexity index is 503. The van der Waals surface area contributed by atoms with E-state index in [0.29, 0.717) is 5.75 Å². The average molecular weight is 314 g/mol. The van der Waals surface area contributed by atoms with E-state index < -0.39 is 17.9 Å². The number of benzene rings is 1. The van der Waals surface area contributed by atoms with Crippen LogP contribution in [0, 0.1) is 0 Å². The van der Waals surface area contributed by atoms with Crippen LogP contribution in [-0.4, -0.2) is 29.6 Å². The number of fused-ring (bicyclic) bond motifs is 1. The van der Waals surface area contributed by atoms with Gasteiger partial charge in [-0.15, -0.1) is 0 Å². The number of carbonyl (C=O) groups excluding carboxylic acids is 1. The van der Waals surface area contributed by atoms with Gasteiger partial charge in [-0.3, -0.25) is 9.59 Å². The second kappa shape index (κ2) is 4.97. The van der Waals surface area contributed by atoms with Crippen molar-refractivity contribution in [2.24, 2.45) is 0 Å². The van der Waals surface area contributed by atoms with E-state index in [1.807, 2.05) is 12.1 Å². The molecular formula is C12H12BrNO4. The maximum atomic E-state index is 12.0. The Morgan fingerprint density at radius 2 is 2.28 bits per heavy atom. The van der Waals surface area contributed by atoms with Crippen molar-refractivity contribution in [2.45, 2.75) is 18.9 Å². The summed E-state index contributed by atoms with van der Waals surface area (Å²) < 4.78 is 6.26. The number of amides is 1. The Kier molecular flexibility index (Phi) is 3.56. The lowest BCUT2D eigenvalue weighted by Crippen LogP contribution is -2.41. The molecule has 1 aliphatic heterocycles. The first kappa shape index (κ1) is 12.9. The van der Waals surface area contributed by atoms with E-state index in [-0.39, 0.29) is 12.5 Å². The molecule has 1 aliphatic rings. The summed E-state index contributed by atoms with van der Waals surface area (Å²) in [5.41, 5.74) is 0.777. The van der Waals surface area contributed by atoms with Gasteiger partial charge >= 0.3 is 5.97 Å². The third-order valence-electron chi connectivity index (χ3n) is 2.80. The molecule has 1 amide bonds. The van der Waals surface area contributed by atoms with E-state index in [1.165, 1.54) is 6.92 Å². The van der Waals surface area contributed by atoms with Crippen molar-refractivity contribution in [1.29, 1.82) is 0 Å². The zero-order chi connectivity index (χ0) is 13.3. The summed E-state index contributed by atoms with van der Waals surface area (Å²) in [6.07, 6.45) is 0. The normalized spacial score (nSPS) is 18.7. The summed E-state index contributed by atoms with van der Waals surface area (Å²) in [7, 11) is 0. The predicted molar refractivity (Wildman–Crippen MR) is 67.6 cm³/mol. The van der Waals surface area contributed by atoms with Crippen molar-refractivity contribution in [3.05, 3.63) is 28.2 Å². The highest BCUT2D eigenvalue weighted by atomic mass is 79.9. The molecule has 1 aromatic rings. The van der Waals surface area contributed by atoms with Crippen LogP contribution in [0.2, 0.25) is 0 Å². The van der Waals surface area contributed by atoms with Gasteiger partial charge in [-0.1, -0.05) is 15.9 Å². The summed E-state index contributed by atoms with van der Waals surface area (Å²) in [6.45, 7) is 1.67. The molecule has 18 heavy (non-hydrogen) atoms. The lowest BCUT2D eigenvalue weighted by Gasteiger charge is -2.13. The van der Waals surface area contributed by atoms with Gasteiger partial charge in [0, 0.05) is 10.0 Å². The summed E-state index contributed by atoms with van der Waals surface area (Å²) >= 11 is 3.33. The molecule has 0 aliphatic carbocycles. The summed E-state index contributed by atoms with van der Waals surface area (Å²) in [5.74, 6) is -1.18. The highest BCUT2D eigenvalue weighted by Crippen LogP contribution is 2.35. The molecule has 0 saturated carbocycles. The molecule has 2 atom stereocenters. The van der Waals surface area contributed by atoms with Crippen molar-refractivity contribution in [2.75, 3.05) is 6.61 Å². The zero-order valence-corrected chi connectivity index (χ0v) is 11.2. The van der Waals surface area contributed by atoms with E-state index in [0.717, 1.165) is 10.0 Å². The molecule has 0 fully saturated rings. The second-order valence-electron chi connectivity index (χ2n) is 4.11. The molecule has 0 bridgehead atoms. The number of halogens is 1. The number of rotatable bonds is 3. The molecule has 0 saturated heterocycles. The molecular weight excluding hydrogens is 302 g/mol. The molecule has 6 heteroatoms. The third-order valence-corrected chi connectivity index (χ3v) is 3.29. The molecule has 2 N–H and O–H groups in total. The van der Waals surface area contributed by atoms with Crippen molar-refractivity contribution in [3.63, 3.8) is 0 Å². The maximum Gasteiger partial charge on any atom is 0.325 e. The van der Waals surface area contributed by atoms with Crippen LogP contribution in [-0.2, 0) is 9.59 Å². The summed E-state index contributed by atoms with van der Waals surface area (Å²) in [5, 5.41) is 11.2. The Hall–Kier alpha value is -1.56. The standard InChI is InChI=1S/C12H12BrNO4/c1-6(12(16)17)14-11(15)9-5-18-10-3-2-7(13)4-8(9)10/h2-4,6,9H,5H2,1H3,(H,14,15)(H,16,17)/t6-,9?/m1/s1. The molecule has 0 aromatic heterocycles. The highest BCUT2D eigenvalue weighted by molar-refractivity contribution is 9.10. The Labute approximate surface area is 112 Å². The third kappa shape index (κ3) is 2.48. The van der Waals surface area contributed by atoms with Crippen LogP contribution in [0.25, 0.3) is 0 Å². The number of carboxylic acids is 1. The second-order valence-corrected chi connectivity index (χ2v) is 5.03. The van der Waals surface area contributed by atoms with Crippen LogP contribution in [0.3, 0.4) is 0 Å². The van der Waals surface area contributed by atoms with Crippen LogP contribution in [0.4, 0.5) is 0 Å². The molecule has 2 rings (SSSR count). The lowest BCUT2D eigenvalue weighted by molar-refractivity contribution is -0.141. The smallest absolute Gasteiger partial charge is 0.325 e. The quantitative estimate of drug-likeness (QED) is 0.887. The van der Waals surface area contributed by atoms with Gasteiger partial charge in [-0.25, -0.2) is 0 Å². The Morgan fingerprint density at radius 3 is 2.94 bits per heavy atom. The van der Waals surface area contributed by atoms with Gasteiger partial charge < -0.3 is 15.2 Å². The lowest BCUT2D eigenvalue weighted by atomic mass is 10.0. The van der Waals surface area contributed by atoms with Gasteiger partial charge in [0.25, 0.3) is 0 Å². The fraction of sp³-hybridized carbons (Fsp3) is 0.333. The van der Waals surface area contributed by atoms with Crippen LogP contribution in [0.1, 0.15) is 18.4 Å². The van der Waals surface area contributed by atoms with E-state index in [9.17, 15) is 9.59 Å². The van der Waals surface area contributed by atoms with Crippen LogP contribution in [0.15, 0.2) is 22.7 Å². The number of ether oxygens (including phenoxy) is 1. The monoisotopic (exact) mass is 313 g/mol. The predicted octanol–water partition coefficient (Wildman–Crippen LogP) is 1.51. The van der Waals surface area contributed by atoms with Gasteiger partial charge in [0.15, 0.2) is 0 Å². The number of carboxylic acid groups (broad SMARTS) is 1. The van der Waals surface area contributed by atoms with Crippen molar-refractivity contribution in [3.8, 4) is 5.75 Å². The number of carbonyl (C=O) groups is 2. The first-order valence-corrected chi connectivity index (χ1v) is 6.23.